The summed E-state index contributed by atoms with van der Waals surface area (Å²) in [5.74, 6) is 0.852. The number of imidazole rings is 1. The molecule has 0 aliphatic rings. The maximum Gasteiger partial charge on any atom is 0.201 e. The summed E-state index contributed by atoms with van der Waals surface area (Å²) in [6.45, 7) is 5.08. The number of anilines is 1. The molecule has 0 saturated heterocycles. The van der Waals surface area contributed by atoms with Crippen LogP contribution in [0, 0.1) is 13.8 Å². The molecule has 0 unspecified atom stereocenters. The third kappa shape index (κ3) is 2.67. The maximum absolute atomic E-state index is 4.62. The van der Waals surface area contributed by atoms with Crippen LogP contribution in [0.4, 0.5) is 5.95 Å². The number of nitrogens with zero attached hydrogens (tertiary/aromatic N) is 1. The van der Waals surface area contributed by atoms with Gasteiger partial charge in [0.1, 0.15) is 0 Å². The van der Waals surface area contributed by atoms with Crippen LogP contribution in [0.25, 0.3) is 11.0 Å². The first kappa shape index (κ1) is 12.7. The maximum atomic E-state index is 4.62. The minimum atomic E-state index is 0.852. The van der Waals surface area contributed by atoms with Crippen molar-refractivity contribution in [2.24, 2.45) is 0 Å². The fourth-order valence-corrected chi connectivity index (χ4v) is 2.52. The van der Waals surface area contributed by atoms with Crippen LogP contribution < -0.4 is 5.32 Å². The Labute approximate surface area is 119 Å². The largest absolute Gasteiger partial charge is 0.355 e. The predicted octanol–water partition coefficient (Wildman–Crippen LogP) is 3.83. The molecule has 3 aromatic rings. The van der Waals surface area contributed by atoms with Crippen molar-refractivity contribution in [3.8, 4) is 0 Å². The molecule has 20 heavy (non-hydrogen) atoms. The molecule has 0 atom stereocenters. The molecule has 2 N–H and O–H groups in total. The Morgan fingerprint density at radius 3 is 2.70 bits per heavy atom. The second-order valence-electron chi connectivity index (χ2n) is 5.23. The second kappa shape index (κ2) is 5.37. The Hall–Kier alpha value is -2.29. The zero-order valence-electron chi connectivity index (χ0n) is 11.9. The average Bonchev–Trinajstić information content (AvgIpc) is 2.83. The van der Waals surface area contributed by atoms with Gasteiger partial charge in [0.15, 0.2) is 0 Å². The van der Waals surface area contributed by atoms with E-state index in [1.807, 2.05) is 6.07 Å². The van der Waals surface area contributed by atoms with Gasteiger partial charge in [-0.3, -0.25) is 0 Å². The molecule has 102 valence electrons. The fraction of sp³-hybridized carbons (Fsp3) is 0.235. The van der Waals surface area contributed by atoms with Crippen LogP contribution in [0.2, 0.25) is 0 Å². The molecule has 0 fully saturated rings. The van der Waals surface area contributed by atoms with Gasteiger partial charge in [0, 0.05) is 6.54 Å². The van der Waals surface area contributed by atoms with E-state index in [1.165, 1.54) is 16.7 Å². The number of fused-ring (bicyclic) bond motifs is 1. The van der Waals surface area contributed by atoms with E-state index < -0.39 is 0 Å². The van der Waals surface area contributed by atoms with E-state index in [1.54, 1.807) is 0 Å². The summed E-state index contributed by atoms with van der Waals surface area (Å²) >= 11 is 0. The first-order valence-electron chi connectivity index (χ1n) is 6.97. The Kier molecular flexibility index (Phi) is 3.42. The molecule has 0 bridgehead atoms. The molecule has 0 amide bonds. The summed E-state index contributed by atoms with van der Waals surface area (Å²) < 4.78 is 0. The van der Waals surface area contributed by atoms with E-state index in [-0.39, 0.29) is 0 Å². The lowest BCUT2D eigenvalue weighted by molar-refractivity contribution is 1.000. The number of aryl methyl sites for hydroxylation is 2. The lowest BCUT2D eigenvalue weighted by Crippen LogP contribution is -2.05. The molecule has 1 aromatic heterocycles. The summed E-state index contributed by atoms with van der Waals surface area (Å²) in [4.78, 5) is 7.96. The van der Waals surface area contributed by atoms with Crippen molar-refractivity contribution in [3.63, 3.8) is 0 Å². The number of aromatic nitrogens is 2. The van der Waals surface area contributed by atoms with Gasteiger partial charge in [0.25, 0.3) is 0 Å². The molecule has 0 aliphatic heterocycles. The number of hydrogen-bond acceptors (Lipinski definition) is 2. The highest BCUT2D eigenvalue weighted by Gasteiger charge is 2.05. The topological polar surface area (TPSA) is 40.7 Å². The lowest BCUT2D eigenvalue weighted by Gasteiger charge is -2.02. The van der Waals surface area contributed by atoms with Crippen LogP contribution in [0.1, 0.15) is 16.7 Å². The Morgan fingerprint density at radius 1 is 1.10 bits per heavy atom. The number of nitrogens with one attached hydrogen (secondary N) is 2. The van der Waals surface area contributed by atoms with E-state index >= 15 is 0 Å². The lowest BCUT2D eigenvalue weighted by atomic mass is 10.1. The van der Waals surface area contributed by atoms with Gasteiger partial charge in [-0.25, -0.2) is 4.98 Å². The van der Waals surface area contributed by atoms with E-state index in [0.29, 0.717) is 0 Å². The molecule has 3 rings (SSSR count). The normalized spacial score (nSPS) is 10.9. The Balaban J connectivity index is 1.70. The number of rotatable bonds is 4. The molecule has 3 heteroatoms. The van der Waals surface area contributed by atoms with Gasteiger partial charge >= 0.3 is 0 Å². The number of hydrogen-bond donors (Lipinski definition) is 2. The minimum absolute atomic E-state index is 0.852. The van der Waals surface area contributed by atoms with Gasteiger partial charge < -0.3 is 10.3 Å². The van der Waals surface area contributed by atoms with Crippen LogP contribution in [-0.2, 0) is 6.42 Å². The zero-order valence-corrected chi connectivity index (χ0v) is 11.9. The Morgan fingerprint density at radius 2 is 1.90 bits per heavy atom. The first-order chi connectivity index (χ1) is 9.72. The third-order valence-electron chi connectivity index (χ3n) is 3.47. The monoisotopic (exact) mass is 265 g/mol. The molecular weight excluding hydrogens is 246 g/mol. The van der Waals surface area contributed by atoms with Crippen molar-refractivity contribution in [2.45, 2.75) is 20.3 Å². The summed E-state index contributed by atoms with van der Waals surface area (Å²) in [5, 5.41) is 3.36. The summed E-state index contributed by atoms with van der Waals surface area (Å²) in [6, 6.07) is 14.8. The van der Waals surface area contributed by atoms with Gasteiger partial charge in [-0.2, -0.15) is 0 Å². The van der Waals surface area contributed by atoms with Gasteiger partial charge in [-0.1, -0.05) is 36.4 Å². The van der Waals surface area contributed by atoms with Crippen molar-refractivity contribution >= 4 is 17.0 Å². The molecular formula is C17H19N3. The van der Waals surface area contributed by atoms with Gasteiger partial charge in [0.05, 0.1) is 11.0 Å². The van der Waals surface area contributed by atoms with E-state index in [9.17, 15) is 0 Å². The first-order valence-corrected chi connectivity index (χ1v) is 6.97. The fourth-order valence-electron chi connectivity index (χ4n) is 2.52. The SMILES string of the molecule is Cc1cc(C)c2nc(NCCc3ccccc3)[nH]c2c1. The van der Waals surface area contributed by atoms with Crippen LogP contribution >= 0.6 is 0 Å². The number of aromatic amines is 1. The van der Waals surface area contributed by atoms with Crippen LogP contribution in [0.5, 0.6) is 0 Å². The minimum Gasteiger partial charge on any atom is -0.355 e. The second-order valence-corrected chi connectivity index (χ2v) is 5.23. The molecule has 3 nitrogen and oxygen atoms in total. The van der Waals surface area contributed by atoms with E-state index in [4.69, 9.17) is 0 Å². The molecule has 0 radical (unpaired) electrons. The van der Waals surface area contributed by atoms with E-state index in [0.717, 1.165) is 29.9 Å². The molecule has 0 saturated carbocycles. The van der Waals surface area contributed by atoms with Crippen LogP contribution in [0.3, 0.4) is 0 Å². The quantitative estimate of drug-likeness (QED) is 0.752. The van der Waals surface area contributed by atoms with Crippen molar-refractivity contribution in [1.82, 2.24) is 9.97 Å². The van der Waals surface area contributed by atoms with Crippen molar-refractivity contribution < 1.29 is 0 Å². The predicted molar refractivity (Wildman–Crippen MR) is 84.2 cm³/mol. The van der Waals surface area contributed by atoms with Gasteiger partial charge in [-0.15, -0.1) is 0 Å². The summed E-state index contributed by atoms with van der Waals surface area (Å²) in [6.07, 6.45) is 0.996. The standard InChI is InChI=1S/C17H19N3/c1-12-10-13(2)16-15(11-12)19-17(20-16)18-9-8-14-6-4-3-5-7-14/h3-7,10-11H,8-9H2,1-2H3,(H2,18,19,20). The van der Waals surface area contributed by atoms with Crippen LogP contribution in [-0.4, -0.2) is 16.5 Å². The average molecular weight is 265 g/mol. The van der Waals surface area contributed by atoms with E-state index in [2.05, 4.69) is 65.5 Å². The Bertz CT molecular complexity index is 714. The smallest absolute Gasteiger partial charge is 0.201 e. The van der Waals surface area contributed by atoms with Gasteiger partial charge in [-0.05, 0) is 43.0 Å². The number of benzene rings is 2. The number of H-pyrrole nitrogens is 1. The molecule has 2 aromatic carbocycles. The molecule has 1 heterocycles. The van der Waals surface area contributed by atoms with Crippen LogP contribution in [0.15, 0.2) is 42.5 Å². The molecule has 0 aliphatic carbocycles. The van der Waals surface area contributed by atoms with Gasteiger partial charge in [0.2, 0.25) is 5.95 Å². The molecule has 0 spiro atoms. The third-order valence-corrected chi connectivity index (χ3v) is 3.47. The van der Waals surface area contributed by atoms with Crippen molar-refractivity contribution in [1.29, 1.82) is 0 Å². The highest BCUT2D eigenvalue weighted by atomic mass is 15.1. The van der Waals surface area contributed by atoms with Crippen molar-refractivity contribution in [2.75, 3.05) is 11.9 Å². The summed E-state index contributed by atoms with van der Waals surface area (Å²) in [7, 11) is 0. The summed E-state index contributed by atoms with van der Waals surface area (Å²) in [5.41, 5.74) is 5.97. The highest BCUT2D eigenvalue weighted by Crippen LogP contribution is 2.20. The highest BCUT2D eigenvalue weighted by molar-refractivity contribution is 5.81. The van der Waals surface area contributed by atoms with Crippen molar-refractivity contribution in [3.05, 3.63) is 59.2 Å². The zero-order chi connectivity index (χ0) is 13.9.